The maximum absolute atomic E-state index is 14.4. The predicted octanol–water partition coefficient (Wildman–Crippen LogP) is 7.28. The summed E-state index contributed by atoms with van der Waals surface area (Å²) in [4.78, 5) is 51.5. The number of nitrogens with zero attached hydrogens (tertiary/aromatic N) is 1. The predicted molar refractivity (Wildman–Crippen MR) is 172 cm³/mol. The molecule has 0 saturated heterocycles. The molecule has 1 fully saturated rings. The minimum Gasteiger partial charge on any atom is -0.361 e. The molecule has 2 unspecified atom stereocenters. The zero-order valence-corrected chi connectivity index (χ0v) is 27.0. The largest absolute Gasteiger partial charge is 0.399 e. The van der Waals surface area contributed by atoms with Crippen LogP contribution in [-0.2, 0) is 21.4 Å². The van der Waals surface area contributed by atoms with E-state index in [0.29, 0.717) is 12.8 Å². The van der Waals surface area contributed by atoms with Gasteiger partial charge < -0.3 is 25.0 Å². The Morgan fingerprint density at radius 1 is 1.09 bits per heavy atom. The first-order valence-electron chi connectivity index (χ1n) is 15.6. The Morgan fingerprint density at radius 3 is 2.40 bits per heavy atom. The van der Waals surface area contributed by atoms with Crippen molar-refractivity contribution in [1.82, 2.24) is 15.2 Å². The fourth-order valence-corrected chi connectivity index (χ4v) is 6.61. The summed E-state index contributed by atoms with van der Waals surface area (Å²) < 4.78 is 40.2. The number of nitrogens with one attached hydrogen (secondary N) is 2. The van der Waals surface area contributed by atoms with Crippen LogP contribution in [0.25, 0.3) is 10.9 Å². The average molecular weight is 644 g/mol. The van der Waals surface area contributed by atoms with Crippen LogP contribution >= 0.6 is 7.60 Å². The maximum Gasteiger partial charge on any atom is 0.399 e. The van der Waals surface area contributed by atoms with E-state index in [4.69, 9.17) is 0 Å². The number of fused-ring (bicyclic) bond motifs is 1. The highest BCUT2D eigenvalue weighted by molar-refractivity contribution is 7.52. The molecule has 1 aliphatic carbocycles. The van der Waals surface area contributed by atoms with Gasteiger partial charge in [-0.2, -0.15) is 8.78 Å². The molecule has 4 rings (SSSR count). The van der Waals surface area contributed by atoms with Gasteiger partial charge in [-0.3, -0.25) is 14.2 Å². The summed E-state index contributed by atoms with van der Waals surface area (Å²) >= 11 is 0. The number of H-pyrrole nitrogens is 1. The Hall–Kier alpha value is -3.33. The van der Waals surface area contributed by atoms with Gasteiger partial charge in [-0.05, 0) is 75.6 Å². The third kappa shape index (κ3) is 8.48. The maximum atomic E-state index is 14.4. The monoisotopic (exact) mass is 643 g/mol. The molecule has 2 amide bonds. The number of alkyl halides is 2. The molecular weight excluding hydrogens is 599 g/mol. The van der Waals surface area contributed by atoms with Crippen molar-refractivity contribution in [1.29, 1.82) is 0 Å². The Bertz CT molecular complexity index is 1540. The number of para-hydroxylation sites is 1. The van der Waals surface area contributed by atoms with E-state index in [1.807, 2.05) is 51.2 Å². The van der Waals surface area contributed by atoms with Crippen LogP contribution in [0, 0.1) is 5.92 Å². The van der Waals surface area contributed by atoms with Crippen molar-refractivity contribution >= 4 is 30.3 Å². The Balaban J connectivity index is 1.70. The Kier molecular flexibility index (Phi) is 11.4. The highest BCUT2D eigenvalue weighted by Gasteiger charge is 2.50. The summed E-state index contributed by atoms with van der Waals surface area (Å²) in [5, 5.41) is 4.22. The van der Waals surface area contributed by atoms with Gasteiger partial charge in [0.2, 0.25) is 5.91 Å². The first-order chi connectivity index (χ1) is 21.3. The number of rotatable bonds is 13. The summed E-state index contributed by atoms with van der Waals surface area (Å²) in [6, 6.07) is 11.0. The van der Waals surface area contributed by atoms with E-state index in [2.05, 4.69) is 16.4 Å². The van der Waals surface area contributed by atoms with E-state index in [9.17, 15) is 32.7 Å². The molecule has 2 aromatic carbocycles. The highest BCUT2D eigenvalue weighted by Crippen LogP contribution is 2.59. The molecule has 1 heterocycles. The summed E-state index contributed by atoms with van der Waals surface area (Å²) in [5.41, 5.74) is -2.15. The Morgan fingerprint density at radius 2 is 1.76 bits per heavy atom. The number of hydrogen-bond donors (Lipinski definition) is 4. The SMILES string of the molecule is CC(C)=CCCC(C)C(C(=O)NC1CCCCC1)N(CCc1c[nH]c2ccccc12)C(=O)c1ccc(C(F)(F)P(=O)(O)O)cc1. The first-order valence-corrected chi connectivity index (χ1v) is 17.2. The molecule has 0 bridgehead atoms. The molecule has 4 N–H and O–H groups in total. The third-order valence-electron chi connectivity index (χ3n) is 8.67. The lowest BCUT2D eigenvalue weighted by atomic mass is 9.91. The molecule has 8 nitrogen and oxygen atoms in total. The van der Waals surface area contributed by atoms with E-state index in [1.54, 1.807) is 4.90 Å². The van der Waals surface area contributed by atoms with E-state index in [-0.39, 0.29) is 30.0 Å². The minimum atomic E-state index is -5.77. The third-order valence-corrected chi connectivity index (χ3v) is 9.66. The van der Waals surface area contributed by atoms with Gasteiger partial charge in [-0.25, -0.2) is 0 Å². The smallest absolute Gasteiger partial charge is 0.361 e. The van der Waals surface area contributed by atoms with Crippen molar-refractivity contribution in [2.24, 2.45) is 5.92 Å². The zero-order valence-electron chi connectivity index (χ0n) is 26.1. The van der Waals surface area contributed by atoms with Crippen molar-refractivity contribution < 1.29 is 32.7 Å². The van der Waals surface area contributed by atoms with Crippen molar-refractivity contribution in [3.63, 3.8) is 0 Å². The van der Waals surface area contributed by atoms with Gasteiger partial charge >= 0.3 is 13.3 Å². The van der Waals surface area contributed by atoms with Crippen LogP contribution in [0.2, 0.25) is 0 Å². The van der Waals surface area contributed by atoms with E-state index in [1.165, 1.54) is 0 Å². The van der Waals surface area contributed by atoms with Crippen molar-refractivity contribution in [2.75, 3.05) is 6.54 Å². The lowest BCUT2D eigenvalue weighted by Crippen LogP contribution is -2.55. The lowest BCUT2D eigenvalue weighted by Gasteiger charge is -2.36. The van der Waals surface area contributed by atoms with Gasteiger partial charge in [0, 0.05) is 40.8 Å². The summed E-state index contributed by atoms with van der Waals surface area (Å²) in [6.07, 6.45) is 10.8. The number of amides is 2. The molecular formula is C34H44F2N3O5P. The second-order valence-corrected chi connectivity index (χ2v) is 14.0. The summed E-state index contributed by atoms with van der Waals surface area (Å²) in [7, 11) is -5.77. The first kappa shape index (κ1) is 34.5. The summed E-state index contributed by atoms with van der Waals surface area (Å²) in [5.74, 6) is -0.975. The van der Waals surface area contributed by atoms with Gasteiger partial charge in [-0.15, -0.1) is 0 Å². The number of hydrogen-bond acceptors (Lipinski definition) is 3. The fraction of sp³-hybridized carbons (Fsp3) is 0.471. The molecule has 1 saturated carbocycles. The summed E-state index contributed by atoms with van der Waals surface area (Å²) in [6.45, 7) is 6.17. The fourth-order valence-electron chi connectivity index (χ4n) is 6.13. The van der Waals surface area contributed by atoms with Gasteiger partial charge in [0.15, 0.2) is 0 Å². The zero-order chi connectivity index (χ0) is 32.8. The van der Waals surface area contributed by atoms with Crippen LogP contribution < -0.4 is 5.32 Å². The molecule has 0 aliphatic heterocycles. The van der Waals surface area contributed by atoms with Crippen molar-refractivity contribution in [3.05, 3.63) is 83.1 Å². The van der Waals surface area contributed by atoms with Gasteiger partial charge in [-0.1, -0.05) is 68.2 Å². The van der Waals surface area contributed by atoms with Crippen LogP contribution in [-0.4, -0.2) is 50.1 Å². The molecule has 0 spiro atoms. The number of carbonyl (C=O) groups is 2. The standard InChI is InChI=1S/C34H44F2N3O5P/c1-23(2)10-9-11-24(3)31(32(40)38-28-12-5-4-6-13-28)39(21-20-26-22-37-30-15-8-7-14-29(26)30)33(41)25-16-18-27(19-17-25)34(35,36)45(42,43)44/h7-8,10,14-19,22,24,28,31,37H,4-6,9,11-13,20-21H2,1-3H3,(H,38,40)(H2,42,43,44). The second-order valence-electron chi connectivity index (χ2n) is 12.4. The number of carbonyl (C=O) groups excluding carboxylic acids is 2. The van der Waals surface area contributed by atoms with Crippen LogP contribution in [0.1, 0.15) is 87.2 Å². The number of benzene rings is 2. The van der Waals surface area contributed by atoms with Gasteiger partial charge in [0.25, 0.3) is 5.91 Å². The molecule has 244 valence electrons. The molecule has 2 atom stereocenters. The Labute approximate surface area is 263 Å². The molecule has 0 radical (unpaired) electrons. The molecule has 45 heavy (non-hydrogen) atoms. The minimum absolute atomic E-state index is 0.0264. The average Bonchev–Trinajstić information content (AvgIpc) is 3.41. The quantitative estimate of drug-likeness (QED) is 0.115. The van der Waals surface area contributed by atoms with Crippen molar-refractivity contribution in [2.45, 2.75) is 89.9 Å². The molecule has 3 aromatic rings. The number of halogens is 2. The molecule has 11 heteroatoms. The van der Waals surface area contributed by atoms with Crippen LogP contribution in [0.3, 0.4) is 0 Å². The van der Waals surface area contributed by atoms with E-state index < -0.39 is 30.8 Å². The van der Waals surface area contributed by atoms with Crippen LogP contribution in [0.15, 0.2) is 66.4 Å². The number of aromatic nitrogens is 1. The van der Waals surface area contributed by atoms with Gasteiger partial charge in [0.05, 0.1) is 0 Å². The van der Waals surface area contributed by atoms with Crippen molar-refractivity contribution in [3.8, 4) is 0 Å². The second kappa shape index (κ2) is 14.8. The molecule has 1 aliphatic rings. The highest BCUT2D eigenvalue weighted by atomic mass is 31.2. The van der Waals surface area contributed by atoms with Crippen LogP contribution in [0.5, 0.6) is 0 Å². The number of allylic oxidation sites excluding steroid dienone is 2. The number of aromatic amines is 1. The molecule has 1 aromatic heterocycles. The van der Waals surface area contributed by atoms with E-state index >= 15 is 0 Å². The van der Waals surface area contributed by atoms with Gasteiger partial charge in [0.1, 0.15) is 6.04 Å². The van der Waals surface area contributed by atoms with E-state index in [0.717, 1.165) is 84.8 Å². The topological polar surface area (TPSA) is 123 Å². The lowest BCUT2D eigenvalue weighted by molar-refractivity contribution is -0.128. The normalized spacial score (nSPS) is 15.8. The van der Waals surface area contributed by atoms with Crippen LogP contribution in [0.4, 0.5) is 8.78 Å².